The molecule has 3 aromatic carbocycles. The second kappa shape index (κ2) is 5.45. The van der Waals surface area contributed by atoms with Gasteiger partial charge in [0.25, 0.3) is 0 Å². The molecule has 2 N–H and O–H groups in total. The van der Waals surface area contributed by atoms with Gasteiger partial charge in [-0.25, -0.2) is 0 Å². The summed E-state index contributed by atoms with van der Waals surface area (Å²) in [7, 11) is 0. The first-order chi connectivity index (χ1) is 10.1. The maximum atomic E-state index is 6.16. The Balaban J connectivity index is 2.07. The van der Waals surface area contributed by atoms with E-state index < -0.39 is 0 Å². The van der Waals surface area contributed by atoms with Crippen LogP contribution in [0.2, 0.25) is 0 Å². The van der Waals surface area contributed by atoms with Gasteiger partial charge in [0, 0.05) is 11.3 Å². The van der Waals surface area contributed by atoms with Gasteiger partial charge >= 0.3 is 0 Å². The molecule has 3 aromatic rings. The van der Waals surface area contributed by atoms with Gasteiger partial charge in [0.05, 0.1) is 0 Å². The highest BCUT2D eigenvalue weighted by Crippen LogP contribution is 2.31. The smallest absolute Gasteiger partial charge is 0.0394 e. The van der Waals surface area contributed by atoms with Crippen molar-refractivity contribution in [2.24, 2.45) is 0 Å². The van der Waals surface area contributed by atoms with E-state index in [1.54, 1.807) is 0 Å². The van der Waals surface area contributed by atoms with Gasteiger partial charge in [-0.15, -0.1) is 0 Å². The normalized spacial score (nSPS) is 10.6. The van der Waals surface area contributed by atoms with Crippen LogP contribution < -0.4 is 5.73 Å². The zero-order valence-electron chi connectivity index (χ0n) is 12.4. The summed E-state index contributed by atoms with van der Waals surface area (Å²) in [5.41, 5.74) is 14.2. The molecule has 0 aliphatic heterocycles. The highest BCUT2D eigenvalue weighted by atomic mass is 14.6. The highest BCUT2D eigenvalue weighted by Gasteiger charge is 2.05. The number of anilines is 1. The van der Waals surface area contributed by atoms with Crippen molar-refractivity contribution < 1.29 is 0 Å². The summed E-state index contributed by atoms with van der Waals surface area (Å²) in [6.45, 7) is 4.19. The number of nitrogen functional groups attached to an aromatic ring is 1. The fraction of sp³-hybridized carbons (Fsp3) is 0.100. The van der Waals surface area contributed by atoms with Crippen LogP contribution in [-0.2, 0) is 0 Å². The van der Waals surface area contributed by atoms with Crippen molar-refractivity contribution in [3.63, 3.8) is 0 Å². The third-order valence-corrected chi connectivity index (χ3v) is 3.80. The minimum absolute atomic E-state index is 0.815. The zero-order valence-corrected chi connectivity index (χ0v) is 12.4. The molecule has 0 heterocycles. The van der Waals surface area contributed by atoms with E-state index in [9.17, 15) is 0 Å². The molecular weight excluding hydrogens is 254 g/mol. The summed E-state index contributed by atoms with van der Waals surface area (Å²) >= 11 is 0. The van der Waals surface area contributed by atoms with Crippen LogP contribution in [-0.4, -0.2) is 0 Å². The first-order valence-electron chi connectivity index (χ1n) is 7.17. The predicted octanol–water partition coefficient (Wildman–Crippen LogP) is 5.22. The van der Waals surface area contributed by atoms with Crippen LogP contribution in [0.15, 0.2) is 66.7 Å². The van der Waals surface area contributed by atoms with Gasteiger partial charge in [-0.05, 0) is 42.7 Å². The maximum Gasteiger partial charge on any atom is 0.0394 e. The molecule has 0 saturated heterocycles. The van der Waals surface area contributed by atoms with Crippen LogP contribution >= 0.6 is 0 Å². The van der Waals surface area contributed by atoms with Gasteiger partial charge in [0.1, 0.15) is 0 Å². The van der Waals surface area contributed by atoms with Crippen LogP contribution in [0.5, 0.6) is 0 Å². The van der Waals surface area contributed by atoms with Crippen LogP contribution in [0.25, 0.3) is 22.3 Å². The second-order valence-corrected chi connectivity index (χ2v) is 5.53. The Bertz CT molecular complexity index is 753. The van der Waals surface area contributed by atoms with Gasteiger partial charge in [0.2, 0.25) is 0 Å². The standard InChI is InChI=1S/C20H19N/c1-14-3-7-16(8-4-14)18-11-12-20(21)19(13-18)17-9-5-15(2)6-10-17/h3-13H,21H2,1-2H3. The van der Waals surface area contributed by atoms with Crippen molar-refractivity contribution in [2.45, 2.75) is 13.8 Å². The van der Waals surface area contributed by atoms with Gasteiger partial charge < -0.3 is 5.73 Å². The van der Waals surface area contributed by atoms with Crippen LogP contribution in [0.3, 0.4) is 0 Å². The topological polar surface area (TPSA) is 26.0 Å². The lowest BCUT2D eigenvalue weighted by atomic mass is 9.96. The van der Waals surface area contributed by atoms with E-state index in [0.717, 1.165) is 16.8 Å². The van der Waals surface area contributed by atoms with Gasteiger partial charge in [0.15, 0.2) is 0 Å². The Hall–Kier alpha value is -2.54. The number of hydrogen-bond acceptors (Lipinski definition) is 1. The fourth-order valence-electron chi connectivity index (χ4n) is 2.46. The molecule has 0 atom stereocenters. The number of hydrogen-bond donors (Lipinski definition) is 1. The van der Waals surface area contributed by atoms with Crippen molar-refractivity contribution in [3.05, 3.63) is 77.9 Å². The molecule has 0 fully saturated rings. The Morgan fingerprint density at radius 1 is 0.571 bits per heavy atom. The monoisotopic (exact) mass is 273 g/mol. The van der Waals surface area contributed by atoms with Crippen molar-refractivity contribution in [1.29, 1.82) is 0 Å². The Morgan fingerprint density at radius 2 is 1.05 bits per heavy atom. The van der Waals surface area contributed by atoms with Crippen molar-refractivity contribution in [2.75, 3.05) is 5.73 Å². The van der Waals surface area contributed by atoms with Gasteiger partial charge in [-0.3, -0.25) is 0 Å². The first kappa shape index (κ1) is 13.4. The van der Waals surface area contributed by atoms with Crippen molar-refractivity contribution >= 4 is 5.69 Å². The van der Waals surface area contributed by atoms with Gasteiger partial charge in [-0.2, -0.15) is 0 Å². The Labute approximate surface area is 126 Å². The first-order valence-corrected chi connectivity index (χ1v) is 7.17. The molecule has 0 radical (unpaired) electrons. The largest absolute Gasteiger partial charge is 0.398 e. The molecule has 0 aromatic heterocycles. The molecule has 1 nitrogen and oxygen atoms in total. The summed E-state index contributed by atoms with van der Waals surface area (Å²) in [6.07, 6.45) is 0. The van der Waals surface area contributed by atoms with Crippen molar-refractivity contribution in [1.82, 2.24) is 0 Å². The van der Waals surface area contributed by atoms with Gasteiger partial charge in [-0.1, -0.05) is 65.7 Å². The van der Waals surface area contributed by atoms with E-state index in [2.05, 4.69) is 74.5 Å². The van der Waals surface area contributed by atoms with Crippen LogP contribution in [0.1, 0.15) is 11.1 Å². The van der Waals surface area contributed by atoms with E-state index in [-0.39, 0.29) is 0 Å². The quantitative estimate of drug-likeness (QED) is 0.636. The maximum absolute atomic E-state index is 6.16. The lowest BCUT2D eigenvalue weighted by molar-refractivity contribution is 1.46. The van der Waals surface area contributed by atoms with Crippen LogP contribution in [0.4, 0.5) is 5.69 Å². The third kappa shape index (κ3) is 2.82. The summed E-state index contributed by atoms with van der Waals surface area (Å²) in [6, 6.07) is 23.3. The molecule has 0 bridgehead atoms. The molecule has 0 saturated carbocycles. The number of aryl methyl sites for hydroxylation is 2. The number of rotatable bonds is 2. The minimum atomic E-state index is 0.815. The van der Waals surface area contributed by atoms with E-state index >= 15 is 0 Å². The molecular formula is C20H19N. The molecule has 3 rings (SSSR count). The number of nitrogens with two attached hydrogens (primary N) is 1. The third-order valence-electron chi connectivity index (χ3n) is 3.80. The molecule has 0 aliphatic rings. The minimum Gasteiger partial charge on any atom is -0.398 e. The Morgan fingerprint density at radius 3 is 1.62 bits per heavy atom. The molecule has 1 heteroatoms. The second-order valence-electron chi connectivity index (χ2n) is 5.53. The SMILES string of the molecule is Cc1ccc(-c2ccc(N)c(-c3ccc(C)cc3)c2)cc1. The molecule has 0 amide bonds. The fourth-order valence-corrected chi connectivity index (χ4v) is 2.46. The molecule has 104 valence electrons. The lowest BCUT2D eigenvalue weighted by Gasteiger charge is -2.10. The summed E-state index contributed by atoms with van der Waals surface area (Å²) in [4.78, 5) is 0. The average Bonchev–Trinajstić information content (AvgIpc) is 2.50. The van der Waals surface area contributed by atoms with Crippen molar-refractivity contribution in [3.8, 4) is 22.3 Å². The average molecular weight is 273 g/mol. The van der Waals surface area contributed by atoms with Crippen LogP contribution in [0, 0.1) is 13.8 Å². The predicted molar refractivity (Wildman–Crippen MR) is 91.2 cm³/mol. The van der Waals surface area contributed by atoms with E-state index in [0.29, 0.717) is 0 Å². The summed E-state index contributed by atoms with van der Waals surface area (Å²) < 4.78 is 0. The molecule has 0 spiro atoms. The summed E-state index contributed by atoms with van der Waals surface area (Å²) in [5, 5.41) is 0. The number of benzene rings is 3. The highest BCUT2D eigenvalue weighted by molar-refractivity contribution is 5.82. The summed E-state index contributed by atoms with van der Waals surface area (Å²) in [5.74, 6) is 0. The molecule has 0 unspecified atom stereocenters. The van der Waals surface area contributed by atoms with E-state index in [1.165, 1.54) is 22.3 Å². The van der Waals surface area contributed by atoms with E-state index in [1.807, 2.05) is 6.07 Å². The van der Waals surface area contributed by atoms with E-state index in [4.69, 9.17) is 5.73 Å². The lowest BCUT2D eigenvalue weighted by Crippen LogP contribution is -1.91. The Kier molecular flexibility index (Phi) is 3.49. The molecule has 21 heavy (non-hydrogen) atoms. The zero-order chi connectivity index (χ0) is 14.8. The molecule has 0 aliphatic carbocycles.